The molecule has 16 heavy (non-hydrogen) atoms. The van der Waals surface area contributed by atoms with E-state index in [4.69, 9.17) is 10.8 Å². The minimum absolute atomic E-state index is 0.116. The normalized spacial score (nSPS) is 15.9. The van der Waals surface area contributed by atoms with Gasteiger partial charge >= 0.3 is 6.18 Å². The second kappa shape index (κ2) is 4.68. The lowest BCUT2D eigenvalue weighted by Crippen LogP contribution is -2.38. The summed E-state index contributed by atoms with van der Waals surface area (Å²) in [5.74, 6) is -0.734. The number of aliphatic hydroxyl groups is 1. The maximum absolute atomic E-state index is 13.0. The third-order valence-electron chi connectivity index (χ3n) is 2.00. The molecule has 0 aliphatic carbocycles. The van der Waals surface area contributed by atoms with Crippen LogP contribution in [0.15, 0.2) is 22.7 Å². The van der Waals surface area contributed by atoms with E-state index in [-0.39, 0.29) is 10.0 Å². The topological polar surface area (TPSA) is 46.2 Å². The number of hydrogen-bond donors (Lipinski definition) is 2. The molecule has 1 aromatic rings. The highest BCUT2D eigenvalue weighted by atomic mass is 79.9. The molecule has 1 aromatic carbocycles. The Morgan fingerprint density at radius 3 is 2.31 bits per heavy atom. The lowest BCUT2D eigenvalue weighted by Gasteiger charge is -2.21. The first-order valence-corrected chi connectivity index (χ1v) is 4.98. The van der Waals surface area contributed by atoms with Crippen molar-refractivity contribution in [3.05, 3.63) is 34.1 Å². The Morgan fingerprint density at radius 1 is 1.31 bits per heavy atom. The van der Waals surface area contributed by atoms with Gasteiger partial charge in [0.05, 0.1) is 10.5 Å². The first kappa shape index (κ1) is 13.4. The first-order valence-electron chi connectivity index (χ1n) is 4.19. The first-order chi connectivity index (χ1) is 7.23. The van der Waals surface area contributed by atoms with Crippen molar-refractivity contribution in [2.75, 3.05) is 0 Å². The predicted molar refractivity (Wildman–Crippen MR) is 53.1 cm³/mol. The number of benzene rings is 1. The average Bonchev–Trinajstić information content (AvgIpc) is 2.18. The van der Waals surface area contributed by atoms with Crippen molar-refractivity contribution >= 4 is 15.9 Å². The Bertz CT molecular complexity index is 382. The highest BCUT2D eigenvalue weighted by Gasteiger charge is 2.42. The van der Waals surface area contributed by atoms with Crippen molar-refractivity contribution in [2.24, 2.45) is 5.73 Å². The standard InChI is InChI=1S/C9H8BrF4NO/c10-5-2-1-4(3-6(5)11)7(15)8(16)9(12,13)14/h1-3,7-8,16H,15H2/t7-,8-/m1/s1. The van der Waals surface area contributed by atoms with Gasteiger partial charge in [0.15, 0.2) is 6.10 Å². The SMILES string of the molecule is N[C@H](c1ccc(Br)c(F)c1)[C@@H](O)C(F)(F)F. The summed E-state index contributed by atoms with van der Waals surface area (Å²) in [7, 11) is 0. The molecule has 0 unspecified atom stereocenters. The van der Waals surface area contributed by atoms with Gasteiger partial charge in [0.2, 0.25) is 0 Å². The third-order valence-corrected chi connectivity index (χ3v) is 2.65. The van der Waals surface area contributed by atoms with Gasteiger partial charge in [-0.3, -0.25) is 0 Å². The Morgan fingerprint density at radius 2 is 1.88 bits per heavy atom. The zero-order chi connectivity index (χ0) is 12.5. The molecule has 0 saturated carbocycles. The van der Waals surface area contributed by atoms with Crippen LogP contribution in [0.2, 0.25) is 0 Å². The van der Waals surface area contributed by atoms with E-state index in [1.165, 1.54) is 12.1 Å². The fraction of sp³-hybridized carbons (Fsp3) is 0.333. The molecule has 3 N–H and O–H groups in total. The summed E-state index contributed by atoms with van der Waals surface area (Å²) in [6.45, 7) is 0. The van der Waals surface area contributed by atoms with E-state index in [9.17, 15) is 17.6 Å². The van der Waals surface area contributed by atoms with Gasteiger partial charge in [-0.15, -0.1) is 0 Å². The molecule has 7 heteroatoms. The van der Waals surface area contributed by atoms with Gasteiger partial charge in [-0.2, -0.15) is 13.2 Å². The summed E-state index contributed by atoms with van der Waals surface area (Å²) in [5, 5.41) is 8.88. The van der Waals surface area contributed by atoms with Gasteiger partial charge in [0.25, 0.3) is 0 Å². The molecule has 2 atom stereocenters. The highest BCUT2D eigenvalue weighted by molar-refractivity contribution is 9.10. The highest BCUT2D eigenvalue weighted by Crippen LogP contribution is 2.29. The molecule has 90 valence electrons. The number of hydrogen-bond acceptors (Lipinski definition) is 2. The van der Waals surface area contributed by atoms with Crippen LogP contribution >= 0.6 is 15.9 Å². The van der Waals surface area contributed by atoms with Crippen LogP contribution in [0.5, 0.6) is 0 Å². The molecule has 0 aromatic heterocycles. The van der Waals surface area contributed by atoms with Crippen LogP contribution in [-0.2, 0) is 0 Å². The lowest BCUT2D eigenvalue weighted by molar-refractivity contribution is -0.210. The van der Waals surface area contributed by atoms with Crippen molar-refractivity contribution in [3.63, 3.8) is 0 Å². The van der Waals surface area contributed by atoms with E-state index in [2.05, 4.69) is 15.9 Å². The van der Waals surface area contributed by atoms with Crippen molar-refractivity contribution in [2.45, 2.75) is 18.3 Å². The van der Waals surface area contributed by atoms with Gasteiger partial charge < -0.3 is 10.8 Å². The molecule has 2 nitrogen and oxygen atoms in total. The maximum atomic E-state index is 13.0. The summed E-state index contributed by atoms with van der Waals surface area (Å²) in [6, 6.07) is 1.59. The fourth-order valence-corrected chi connectivity index (χ4v) is 1.35. The number of rotatable bonds is 2. The molecule has 0 amide bonds. The third kappa shape index (κ3) is 2.93. The van der Waals surface area contributed by atoms with Crippen LogP contribution in [0.4, 0.5) is 17.6 Å². The number of aliphatic hydroxyl groups excluding tert-OH is 1. The molecule has 0 aliphatic rings. The Hall–Kier alpha value is -0.660. The molecule has 0 bridgehead atoms. The maximum Gasteiger partial charge on any atom is 0.416 e. The van der Waals surface area contributed by atoms with E-state index in [0.717, 1.165) is 6.07 Å². The molecule has 0 saturated heterocycles. The summed E-state index contributed by atoms with van der Waals surface area (Å²) in [6.07, 6.45) is -7.55. The molecule has 0 heterocycles. The summed E-state index contributed by atoms with van der Waals surface area (Å²) < 4.78 is 49.5. The van der Waals surface area contributed by atoms with Gasteiger partial charge in [0.1, 0.15) is 5.82 Å². The fourth-order valence-electron chi connectivity index (χ4n) is 1.11. The van der Waals surface area contributed by atoms with Crippen molar-refractivity contribution in [1.29, 1.82) is 0 Å². The monoisotopic (exact) mass is 301 g/mol. The van der Waals surface area contributed by atoms with Gasteiger partial charge in [-0.1, -0.05) is 6.07 Å². The van der Waals surface area contributed by atoms with Crippen LogP contribution in [0.25, 0.3) is 0 Å². The Labute approximate surface area is 97.2 Å². The largest absolute Gasteiger partial charge is 0.416 e. The molecular weight excluding hydrogens is 294 g/mol. The number of alkyl halides is 3. The van der Waals surface area contributed by atoms with Crippen molar-refractivity contribution < 1.29 is 22.7 Å². The zero-order valence-electron chi connectivity index (χ0n) is 7.80. The molecule has 0 fully saturated rings. The van der Waals surface area contributed by atoms with E-state index in [0.29, 0.717) is 0 Å². The van der Waals surface area contributed by atoms with Gasteiger partial charge in [-0.05, 0) is 33.6 Å². The molecule has 0 spiro atoms. The van der Waals surface area contributed by atoms with Gasteiger partial charge in [0, 0.05) is 0 Å². The molecule has 0 aliphatic heterocycles. The number of nitrogens with two attached hydrogens (primary N) is 1. The van der Waals surface area contributed by atoms with Crippen LogP contribution in [0.3, 0.4) is 0 Å². The van der Waals surface area contributed by atoms with Crippen molar-refractivity contribution in [1.82, 2.24) is 0 Å². The molecule has 0 radical (unpaired) electrons. The van der Waals surface area contributed by atoms with Crippen LogP contribution in [-0.4, -0.2) is 17.4 Å². The summed E-state index contributed by atoms with van der Waals surface area (Å²) in [5.41, 5.74) is 5.07. The summed E-state index contributed by atoms with van der Waals surface area (Å²) >= 11 is 2.85. The smallest absolute Gasteiger partial charge is 0.382 e. The molecular formula is C9H8BrF4NO. The minimum Gasteiger partial charge on any atom is -0.382 e. The zero-order valence-corrected chi connectivity index (χ0v) is 9.39. The number of halogens is 5. The quantitative estimate of drug-likeness (QED) is 0.825. The van der Waals surface area contributed by atoms with Crippen molar-refractivity contribution in [3.8, 4) is 0 Å². The second-order valence-corrected chi connectivity index (χ2v) is 4.04. The van der Waals surface area contributed by atoms with E-state index in [1.807, 2.05) is 0 Å². The van der Waals surface area contributed by atoms with E-state index in [1.54, 1.807) is 0 Å². The molecule has 1 rings (SSSR count). The predicted octanol–water partition coefficient (Wildman–Crippen LogP) is 2.51. The van der Waals surface area contributed by atoms with Crippen LogP contribution in [0, 0.1) is 5.82 Å². The van der Waals surface area contributed by atoms with E-state index < -0.39 is 24.1 Å². The lowest BCUT2D eigenvalue weighted by atomic mass is 10.0. The Balaban J connectivity index is 2.97. The van der Waals surface area contributed by atoms with Crippen LogP contribution in [0.1, 0.15) is 11.6 Å². The van der Waals surface area contributed by atoms with Gasteiger partial charge in [-0.25, -0.2) is 4.39 Å². The summed E-state index contributed by atoms with van der Waals surface area (Å²) in [4.78, 5) is 0. The average molecular weight is 302 g/mol. The van der Waals surface area contributed by atoms with E-state index >= 15 is 0 Å². The second-order valence-electron chi connectivity index (χ2n) is 3.19. The minimum atomic E-state index is -4.83. The van der Waals surface area contributed by atoms with Crippen LogP contribution < -0.4 is 5.73 Å². The Kier molecular flexibility index (Phi) is 3.92.